The molecule has 4 rings (SSSR count). The van der Waals surface area contributed by atoms with Crippen molar-refractivity contribution in [2.24, 2.45) is 0 Å². The number of hydrogen-bond donors (Lipinski definition) is 1. The molecule has 0 aliphatic carbocycles. The molecule has 1 aliphatic rings. The molecule has 0 fully saturated rings. The van der Waals surface area contributed by atoms with Crippen molar-refractivity contribution in [2.75, 3.05) is 0 Å². The minimum absolute atomic E-state index is 0.00765. The number of nitrogens with zero attached hydrogens (tertiary/aromatic N) is 3. The Labute approximate surface area is 183 Å². The number of phenolic OH excluding ortho intramolecular Hbond substituents is 1. The summed E-state index contributed by atoms with van der Waals surface area (Å²) in [5.74, 6) is 2.77. The first-order valence-corrected chi connectivity index (χ1v) is 10.7. The number of aromatic nitrogens is 3. The Balaban J connectivity index is 1.64. The van der Waals surface area contributed by atoms with E-state index in [1.165, 1.54) is 0 Å². The number of aromatic hydroxyl groups is 1. The summed E-state index contributed by atoms with van der Waals surface area (Å²) in [5.41, 5.74) is 3.62. The number of carbonyl (C=O) groups is 1. The van der Waals surface area contributed by atoms with Crippen LogP contribution in [0.5, 0.6) is 11.5 Å². The number of carbonyl (C=O) groups excluding carboxylic acids is 1. The van der Waals surface area contributed by atoms with Gasteiger partial charge in [0.25, 0.3) is 5.82 Å². The minimum Gasteiger partial charge on any atom is -0.507 e. The van der Waals surface area contributed by atoms with E-state index in [1.54, 1.807) is 4.68 Å². The van der Waals surface area contributed by atoms with Gasteiger partial charge in [-0.3, -0.25) is 4.79 Å². The number of ketones is 1. The summed E-state index contributed by atoms with van der Waals surface area (Å²) in [6, 6.07) is 10.0. The third-order valence-electron chi connectivity index (χ3n) is 6.70. The van der Waals surface area contributed by atoms with Crippen LogP contribution in [-0.2, 0) is 17.8 Å². The standard InChI is InChI=1S/C25H29N3O3/c1-15-16(2)24-21(17(3)23(15)30)12-13-25(6,31-24)22(29)14-27-19(5)28(18(4)26-27)20-10-8-7-9-11-20/h7-11H,12-14H2,1-6H3/p+1. The molecule has 0 spiro atoms. The molecule has 1 unspecified atom stereocenters. The lowest BCUT2D eigenvalue weighted by atomic mass is 9.85. The molecule has 6 nitrogen and oxygen atoms in total. The van der Waals surface area contributed by atoms with Crippen LogP contribution in [0.15, 0.2) is 30.3 Å². The van der Waals surface area contributed by atoms with Crippen molar-refractivity contribution >= 4 is 5.78 Å². The lowest BCUT2D eigenvalue weighted by Gasteiger charge is -2.36. The number of rotatable bonds is 4. The molecule has 162 valence electrons. The quantitative estimate of drug-likeness (QED) is 0.653. The normalized spacial score (nSPS) is 17.9. The maximum absolute atomic E-state index is 13.4. The Morgan fingerprint density at radius 2 is 1.81 bits per heavy atom. The molecule has 31 heavy (non-hydrogen) atoms. The van der Waals surface area contributed by atoms with Gasteiger partial charge in [0.05, 0.1) is 0 Å². The smallest absolute Gasteiger partial charge is 0.279 e. The lowest BCUT2D eigenvalue weighted by molar-refractivity contribution is -0.610. The van der Waals surface area contributed by atoms with Gasteiger partial charge in [0.2, 0.25) is 11.6 Å². The SMILES string of the molecule is Cc1c(C)c2c(c(C)c1O)CCC(C)(C(=O)Cn1nc(C)[n+](-c3ccccc3)c1C)O2. The average molecular weight is 421 g/mol. The van der Waals surface area contributed by atoms with E-state index in [0.29, 0.717) is 18.6 Å². The highest BCUT2D eigenvalue weighted by atomic mass is 16.5. The summed E-state index contributed by atoms with van der Waals surface area (Å²) >= 11 is 0. The van der Waals surface area contributed by atoms with Crippen LogP contribution in [0.4, 0.5) is 0 Å². The number of benzene rings is 2. The maximum atomic E-state index is 13.4. The zero-order valence-corrected chi connectivity index (χ0v) is 19.1. The second-order valence-electron chi connectivity index (χ2n) is 8.71. The third-order valence-corrected chi connectivity index (χ3v) is 6.70. The van der Waals surface area contributed by atoms with Gasteiger partial charge < -0.3 is 9.84 Å². The summed E-state index contributed by atoms with van der Waals surface area (Å²) in [4.78, 5) is 13.4. The number of para-hydroxylation sites is 1. The number of ether oxygens (including phenoxy) is 1. The van der Waals surface area contributed by atoms with Gasteiger partial charge in [-0.05, 0) is 69.4 Å². The number of hydrogen-bond acceptors (Lipinski definition) is 4. The summed E-state index contributed by atoms with van der Waals surface area (Å²) in [5, 5.41) is 15.0. The van der Waals surface area contributed by atoms with Crippen LogP contribution < -0.4 is 9.30 Å². The molecule has 6 heteroatoms. The van der Waals surface area contributed by atoms with Crippen molar-refractivity contribution < 1.29 is 19.2 Å². The fraction of sp³-hybridized carbons (Fsp3) is 0.400. The Bertz CT molecular complexity index is 1180. The number of phenols is 1. The van der Waals surface area contributed by atoms with Gasteiger partial charge in [-0.25, -0.2) is 0 Å². The van der Waals surface area contributed by atoms with Crippen molar-refractivity contribution in [1.82, 2.24) is 9.78 Å². The Morgan fingerprint density at radius 3 is 2.48 bits per heavy atom. The Morgan fingerprint density at radius 1 is 1.13 bits per heavy atom. The van der Waals surface area contributed by atoms with Crippen LogP contribution >= 0.6 is 0 Å². The molecule has 1 aromatic heterocycles. The molecule has 0 saturated heterocycles. The molecule has 0 radical (unpaired) electrons. The molecular weight excluding hydrogens is 390 g/mol. The molecule has 1 atom stereocenters. The lowest BCUT2D eigenvalue weighted by Crippen LogP contribution is -2.47. The second kappa shape index (κ2) is 7.52. The summed E-state index contributed by atoms with van der Waals surface area (Å²) in [6.45, 7) is 11.7. The van der Waals surface area contributed by atoms with E-state index in [-0.39, 0.29) is 12.3 Å². The van der Waals surface area contributed by atoms with Gasteiger partial charge in [0.1, 0.15) is 17.2 Å². The highest BCUT2D eigenvalue weighted by molar-refractivity contribution is 5.87. The van der Waals surface area contributed by atoms with Gasteiger partial charge in [0.15, 0.2) is 12.1 Å². The fourth-order valence-corrected chi connectivity index (χ4v) is 4.49. The molecule has 0 amide bonds. The van der Waals surface area contributed by atoms with E-state index in [1.807, 2.05) is 76.4 Å². The first-order valence-electron chi connectivity index (χ1n) is 10.7. The van der Waals surface area contributed by atoms with E-state index in [2.05, 4.69) is 5.10 Å². The van der Waals surface area contributed by atoms with Crippen molar-refractivity contribution in [3.8, 4) is 17.2 Å². The molecule has 0 bridgehead atoms. The Hall–Kier alpha value is -3.15. The summed E-state index contributed by atoms with van der Waals surface area (Å²) in [6.07, 6.45) is 1.26. The van der Waals surface area contributed by atoms with E-state index >= 15 is 0 Å². The zero-order chi connectivity index (χ0) is 22.5. The van der Waals surface area contributed by atoms with Crippen LogP contribution in [0.3, 0.4) is 0 Å². The number of aryl methyl sites for hydroxylation is 1. The molecule has 3 aromatic rings. The van der Waals surface area contributed by atoms with Gasteiger partial charge in [0, 0.05) is 24.5 Å². The van der Waals surface area contributed by atoms with Crippen LogP contribution in [-0.4, -0.2) is 26.3 Å². The van der Waals surface area contributed by atoms with Crippen molar-refractivity contribution in [3.05, 3.63) is 64.2 Å². The van der Waals surface area contributed by atoms with Gasteiger partial charge in [-0.2, -0.15) is 4.57 Å². The topological polar surface area (TPSA) is 68.2 Å². The average Bonchev–Trinajstić information content (AvgIpc) is 3.04. The number of fused-ring (bicyclic) bond motifs is 1. The predicted octanol–water partition coefficient (Wildman–Crippen LogP) is 3.76. The third kappa shape index (κ3) is 3.40. The molecule has 1 N–H and O–H groups in total. The first kappa shape index (κ1) is 21.1. The zero-order valence-electron chi connectivity index (χ0n) is 19.1. The first-order chi connectivity index (χ1) is 14.6. The molecule has 2 heterocycles. The van der Waals surface area contributed by atoms with E-state index in [0.717, 1.165) is 45.3 Å². The van der Waals surface area contributed by atoms with Crippen molar-refractivity contribution in [1.29, 1.82) is 0 Å². The second-order valence-corrected chi connectivity index (χ2v) is 8.71. The van der Waals surface area contributed by atoms with Crippen LogP contribution in [0, 0.1) is 34.6 Å². The fourth-order valence-electron chi connectivity index (χ4n) is 4.49. The molecule has 1 aliphatic heterocycles. The van der Waals surface area contributed by atoms with E-state index < -0.39 is 5.60 Å². The van der Waals surface area contributed by atoms with Crippen LogP contribution in [0.25, 0.3) is 5.69 Å². The monoisotopic (exact) mass is 420 g/mol. The van der Waals surface area contributed by atoms with Crippen LogP contribution in [0.2, 0.25) is 0 Å². The minimum atomic E-state index is -0.933. The van der Waals surface area contributed by atoms with Crippen LogP contribution in [0.1, 0.15) is 47.2 Å². The molecule has 0 saturated carbocycles. The van der Waals surface area contributed by atoms with E-state index in [4.69, 9.17) is 4.74 Å². The maximum Gasteiger partial charge on any atom is 0.279 e. The highest BCUT2D eigenvalue weighted by Gasteiger charge is 2.42. The van der Waals surface area contributed by atoms with Gasteiger partial charge >= 0.3 is 0 Å². The molecular formula is C25H30N3O3+. The summed E-state index contributed by atoms with van der Waals surface area (Å²) < 4.78 is 10.2. The van der Waals surface area contributed by atoms with Crippen molar-refractivity contribution in [2.45, 2.75) is 66.5 Å². The highest BCUT2D eigenvalue weighted by Crippen LogP contribution is 2.43. The van der Waals surface area contributed by atoms with E-state index in [9.17, 15) is 9.90 Å². The number of Topliss-reactive ketones (excluding diaryl/α,β-unsaturated/α-hetero) is 1. The van der Waals surface area contributed by atoms with Crippen molar-refractivity contribution in [3.63, 3.8) is 0 Å². The summed E-state index contributed by atoms with van der Waals surface area (Å²) in [7, 11) is 0. The Kier molecular flexibility index (Phi) is 5.12. The van der Waals surface area contributed by atoms with Gasteiger partial charge in [-0.15, -0.1) is 4.68 Å². The predicted molar refractivity (Wildman–Crippen MR) is 118 cm³/mol. The molecule has 2 aromatic carbocycles. The van der Waals surface area contributed by atoms with Gasteiger partial charge in [-0.1, -0.05) is 18.2 Å². The largest absolute Gasteiger partial charge is 0.507 e.